The van der Waals surface area contributed by atoms with E-state index in [1.54, 1.807) is 42.5 Å². The fourth-order valence-corrected chi connectivity index (χ4v) is 4.67. The zero-order chi connectivity index (χ0) is 22.5. The van der Waals surface area contributed by atoms with Gasteiger partial charge in [0, 0.05) is 21.6 Å². The molecule has 4 aromatic carbocycles. The van der Waals surface area contributed by atoms with E-state index in [2.05, 4.69) is 0 Å². The van der Waals surface area contributed by atoms with E-state index in [4.69, 9.17) is 0 Å². The summed E-state index contributed by atoms with van der Waals surface area (Å²) in [6, 6.07) is 28.9. The molecule has 0 radical (unpaired) electrons. The average molecular weight is 439 g/mol. The van der Waals surface area contributed by atoms with E-state index >= 15 is 0 Å². The molecule has 1 N–H and O–H groups in total. The van der Waals surface area contributed by atoms with Gasteiger partial charge in [0.25, 0.3) is 0 Å². The van der Waals surface area contributed by atoms with Crippen LogP contribution in [-0.4, -0.2) is 22.4 Å². The quantitative estimate of drug-likeness (QED) is 0.260. The molecule has 0 aliphatic rings. The molecule has 32 heavy (non-hydrogen) atoms. The van der Waals surface area contributed by atoms with Crippen molar-refractivity contribution in [3.05, 3.63) is 119 Å². The van der Waals surface area contributed by atoms with Crippen molar-refractivity contribution in [3.63, 3.8) is 0 Å². The molecular formula is C28H22O3S. The van der Waals surface area contributed by atoms with Crippen molar-refractivity contribution in [1.82, 2.24) is 0 Å². The Morgan fingerprint density at radius 2 is 1.19 bits per heavy atom. The van der Waals surface area contributed by atoms with Crippen LogP contribution in [0.2, 0.25) is 0 Å². The van der Waals surface area contributed by atoms with Crippen LogP contribution in [0.1, 0.15) is 38.8 Å². The highest BCUT2D eigenvalue weighted by Crippen LogP contribution is 2.41. The number of benzene rings is 4. The van der Waals surface area contributed by atoms with Crippen LogP contribution in [0.3, 0.4) is 0 Å². The molecule has 0 aromatic heterocycles. The summed E-state index contributed by atoms with van der Waals surface area (Å²) < 4.78 is 0. The maximum absolute atomic E-state index is 13.8. The Balaban J connectivity index is 2.03. The Hall–Kier alpha value is -3.63. The molecule has 0 amide bonds. The Morgan fingerprint density at radius 1 is 0.719 bits per heavy atom. The first-order valence-corrected chi connectivity index (χ1v) is 11.4. The molecule has 0 fully saturated rings. The molecule has 0 aliphatic carbocycles. The normalized spacial score (nSPS) is 10.7. The monoisotopic (exact) mass is 438 g/mol. The largest absolute Gasteiger partial charge is 0.507 e. The van der Waals surface area contributed by atoms with Crippen LogP contribution in [0, 0.1) is 0 Å². The lowest BCUT2D eigenvalue weighted by molar-refractivity contribution is 0.103. The van der Waals surface area contributed by atoms with Gasteiger partial charge in [-0.25, -0.2) is 0 Å². The number of phenols is 1. The number of ketones is 2. The number of carbonyl (C=O) groups is 2. The van der Waals surface area contributed by atoms with Crippen LogP contribution >= 0.6 is 11.8 Å². The fourth-order valence-electron chi connectivity index (χ4n) is 3.69. The summed E-state index contributed by atoms with van der Waals surface area (Å²) in [5.74, 6) is 0.0310. The van der Waals surface area contributed by atoms with Crippen LogP contribution < -0.4 is 0 Å². The van der Waals surface area contributed by atoms with Gasteiger partial charge < -0.3 is 5.11 Å². The van der Waals surface area contributed by atoms with Crippen LogP contribution in [0.5, 0.6) is 5.75 Å². The van der Waals surface area contributed by atoms with Gasteiger partial charge in [0.2, 0.25) is 0 Å². The summed E-state index contributed by atoms with van der Waals surface area (Å²) >= 11 is 1.40. The number of hydrogen-bond donors (Lipinski definition) is 1. The smallest absolute Gasteiger partial charge is 0.197 e. The topological polar surface area (TPSA) is 54.4 Å². The molecule has 0 aliphatic heterocycles. The van der Waals surface area contributed by atoms with E-state index in [1.807, 2.05) is 61.5 Å². The molecule has 0 heterocycles. The van der Waals surface area contributed by atoms with Crippen molar-refractivity contribution < 1.29 is 14.7 Å². The van der Waals surface area contributed by atoms with Crippen molar-refractivity contribution >= 4 is 23.3 Å². The minimum Gasteiger partial charge on any atom is -0.507 e. The van der Waals surface area contributed by atoms with Gasteiger partial charge in [-0.2, -0.15) is 0 Å². The maximum atomic E-state index is 13.8. The average Bonchev–Trinajstić information content (AvgIpc) is 2.85. The second-order valence-electron chi connectivity index (χ2n) is 7.21. The fraction of sp³-hybridized carbons (Fsp3) is 0.0714. The number of aromatic hydroxyl groups is 1. The van der Waals surface area contributed by atoms with E-state index in [-0.39, 0.29) is 22.9 Å². The predicted octanol–water partition coefficient (Wildman–Crippen LogP) is 6.63. The lowest BCUT2D eigenvalue weighted by atomic mass is 9.89. The maximum Gasteiger partial charge on any atom is 0.197 e. The summed E-state index contributed by atoms with van der Waals surface area (Å²) in [7, 11) is 0. The molecule has 0 atom stereocenters. The SMILES string of the molecule is CCSc1c(C(=O)c2ccccc2)c(O)cc(-c2ccccc2)c1C(=O)c1ccccc1. The highest BCUT2D eigenvalue weighted by atomic mass is 32.2. The van der Waals surface area contributed by atoms with Crippen molar-refractivity contribution in [2.75, 3.05) is 5.75 Å². The summed E-state index contributed by atoms with van der Waals surface area (Å²) in [5.41, 5.74) is 3.02. The Bertz CT molecular complexity index is 1250. The van der Waals surface area contributed by atoms with Gasteiger partial charge >= 0.3 is 0 Å². The predicted molar refractivity (Wildman–Crippen MR) is 130 cm³/mol. The zero-order valence-electron chi connectivity index (χ0n) is 17.6. The van der Waals surface area contributed by atoms with Gasteiger partial charge in [0.15, 0.2) is 11.6 Å². The molecule has 158 valence electrons. The molecule has 0 spiro atoms. The highest BCUT2D eigenvalue weighted by molar-refractivity contribution is 7.99. The van der Waals surface area contributed by atoms with Crippen molar-refractivity contribution in [2.45, 2.75) is 11.8 Å². The second kappa shape index (κ2) is 9.67. The van der Waals surface area contributed by atoms with Crippen LogP contribution in [0.4, 0.5) is 0 Å². The lowest BCUT2D eigenvalue weighted by Gasteiger charge is -2.19. The Morgan fingerprint density at radius 3 is 1.69 bits per heavy atom. The first-order valence-electron chi connectivity index (χ1n) is 10.4. The Labute approximate surface area is 191 Å². The lowest BCUT2D eigenvalue weighted by Crippen LogP contribution is -2.12. The van der Waals surface area contributed by atoms with Crippen molar-refractivity contribution in [1.29, 1.82) is 0 Å². The van der Waals surface area contributed by atoms with Gasteiger partial charge in [0.1, 0.15) is 5.75 Å². The molecule has 0 unspecified atom stereocenters. The summed E-state index contributed by atoms with van der Waals surface area (Å²) in [4.78, 5) is 27.7. The summed E-state index contributed by atoms with van der Waals surface area (Å²) in [5, 5.41) is 11.0. The van der Waals surface area contributed by atoms with E-state index in [1.165, 1.54) is 11.8 Å². The van der Waals surface area contributed by atoms with Gasteiger partial charge in [0.05, 0.1) is 5.56 Å². The molecule has 4 rings (SSSR count). The molecule has 0 saturated carbocycles. The molecular weight excluding hydrogens is 416 g/mol. The van der Waals surface area contributed by atoms with Gasteiger partial charge in [-0.3, -0.25) is 9.59 Å². The van der Waals surface area contributed by atoms with E-state index in [9.17, 15) is 14.7 Å². The third-order valence-corrected chi connectivity index (χ3v) is 6.15. The van der Waals surface area contributed by atoms with E-state index in [0.29, 0.717) is 32.9 Å². The number of rotatable bonds is 7. The number of phenolic OH excluding ortho intramolecular Hbond substituents is 1. The zero-order valence-corrected chi connectivity index (χ0v) is 18.4. The molecule has 3 nitrogen and oxygen atoms in total. The second-order valence-corrected chi connectivity index (χ2v) is 8.49. The first-order chi connectivity index (χ1) is 15.6. The van der Waals surface area contributed by atoms with Crippen LogP contribution in [0.15, 0.2) is 102 Å². The Kier molecular flexibility index (Phi) is 6.52. The van der Waals surface area contributed by atoms with E-state index in [0.717, 1.165) is 5.56 Å². The molecule has 0 saturated heterocycles. The summed E-state index contributed by atoms with van der Waals surface area (Å²) in [6.45, 7) is 1.96. The van der Waals surface area contributed by atoms with Gasteiger partial charge in [-0.15, -0.1) is 11.8 Å². The third kappa shape index (κ3) is 4.23. The molecule has 0 bridgehead atoms. The minimum absolute atomic E-state index is 0.127. The van der Waals surface area contributed by atoms with Crippen molar-refractivity contribution in [2.24, 2.45) is 0 Å². The van der Waals surface area contributed by atoms with Gasteiger partial charge in [-0.1, -0.05) is 97.9 Å². The van der Waals surface area contributed by atoms with Gasteiger partial charge in [-0.05, 0) is 22.9 Å². The number of hydrogen-bond acceptors (Lipinski definition) is 4. The standard InChI is InChI=1S/C28H22O3S/c1-2-32-28-24(26(30)20-14-8-4-9-15-20)22(19-12-6-3-7-13-19)18-23(29)25(28)27(31)21-16-10-5-11-17-21/h3-18,29H,2H2,1H3. The minimum atomic E-state index is -0.305. The highest BCUT2D eigenvalue weighted by Gasteiger charge is 2.28. The third-order valence-electron chi connectivity index (χ3n) is 5.16. The van der Waals surface area contributed by atoms with Crippen LogP contribution in [-0.2, 0) is 0 Å². The molecule has 4 heteroatoms. The van der Waals surface area contributed by atoms with E-state index < -0.39 is 0 Å². The number of carbonyl (C=O) groups excluding carboxylic acids is 2. The molecule has 4 aromatic rings. The first kappa shape index (κ1) is 21.6. The van der Waals surface area contributed by atoms with Crippen LogP contribution in [0.25, 0.3) is 11.1 Å². The van der Waals surface area contributed by atoms with Crippen molar-refractivity contribution in [3.8, 4) is 16.9 Å². The number of thioether (sulfide) groups is 1. The summed E-state index contributed by atoms with van der Waals surface area (Å²) in [6.07, 6.45) is 0.